The van der Waals surface area contributed by atoms with Crippen LogP contribution in [0.25, 0.3) is 0 Å². The molecule has 0 bridgehead atoms. The smallest absolute Gasteiger partial charge is 0.303 e. The molecule has 0 aromatic carbocycles. The Bertz CT molecular complexity index is 455. The fourth-order valence-corrected chi connectivity index (χ4v) is 3.82. The first-order valence-electron chi connectivity index (χ1n) is 9.54. The van der Waals surface area contributed by atoms with Gasteiger partial charge in [-0.3, -0.25) is 4.79 Å². The minimum Gasteiger partial charge on any atom is -0.495 e. The van der Waals surface area contributed by atoms with Crippen molar-refractivity contribution in [2.75, 3.05) is 0 Å². The summed E-state index contributed by atoms with van der Waals surface area (Å²) < 4.78 is 6.03. The Kier molecular flexibility index (Phi) is 7.83. The van der Waals surface area contributed by atoms with Crippen molar-refractivity contribution in [2.45, 2.75) is 83.3 Å². The summed E-state index contributed by atoms with van der Waals surface area (Å²) in [7, 11) is 0. The van der Waals surface area contributed by atoms with Crippen LogP contribution in [0.15, 0.2) is 24.0 Å². The predicted molar refractivity (Wildman–Crippen MR) is 94.6 cm³/mol. The standard InChI is InChI=1S/C20H32O4/c1-2-3-4-7-16(21)12-10-15-11-13-19-18(15)14-17(24-19)8-5-6-9-20(22)23/h8,10,12,15-16,18-19,21H,2-7,9,11,13-14H2,1H3,(H,22,23)/b12-10+,17-8-/t15-,16-,18?,19+/m0/s1. The first-order chi connectivity index (χ1) is 11.6. The van der Waals surface area contributed by atoms with Crippen LogP contribution in [0, 0.1) is 11.8 Å². The average Bonchev–Trinajstić information content (AvgIpc) is 3.10. The molecular formula is C20H32O4. The molecule has 24 heavy (non-hydrogen) atoms. The van der Waals surface area contributed by atoms with Gasteiger partial charge in [0.1, 0.15) is 6.10 Å². The lowest BCUT2D eigenvalue weighted by molar-refractivity contribution is -0.137. The number of allylic oxidation sites excluding steroid dienone is 3. The monoisotopic (exact) mass is 336 g/mol. The summed E-state index contributed by atoms with van der Waals surface area (Å²) in [6, 6.07) is 0. The molecule has 1 unspecified atom stereocenters. The van der Waals surface area contributed by atoms with Crippen LogP contribution in [0.4, 0.5) is 0 Å². The Balaban J connectivity index is 1.75. The number of unbranched alkanes of at least 4 members (excludes halogenated alkanes) is 3. The quantitative estimate of drug-likeness (QED) is 0.457. The molecule has 1 aliphatic carbocycles. The summed E-state index contributed by atoms with van der Waals surface area (Å²) in [5.41, 5.74) is 0. The second kappa shape index (κ2) is 9.87. The molecule has 136 valence electrons. The van der Waals surface area contributed by atoms with E-state index < -0.39 is 5.97 Å². The largest absolute Gasteiger partial charge is 0.495 e. The van der Waals surface area contributed by atoms with E-state index in [-0.39, 0.29) is 12.5 Å². The lowest BCUT2D eigenvalue weighted by Crippen LogP contribution is -2.12. The summed E-state index contributed by atoms with van der Waals surface area (Å²) in [4.78, 5) is 10.5. The van der Waals surface area contributed by atoms with Gasteiger partial charge in [0, 0.05) is 18.8 Å². The Morgan fingerprint density at radius 1 is 1.33 bits per heavy atom. The van der Waals surface area contributed by atoms with Crippen molar-refractivity contribution < 1.29 is 19.7 Å². The highest BCUT2D eigenvalue weighted by molar-refractivity contribution is 5.66. The Morgan fingerprint density at radius 3 is 2.92 bits per heavy atom. The van der Waals surface area contributed by atoms with E-state index in [9.17, 15) is 9.90 Å². The number of hydrogen-bond acceptors (Lipinski definition) is 3. The van der Waals surface area contributed by atoms with Gasteiger partial charge in [0.25, 0.3) is 0 Å². The third-order valence-corrected chi connectivity index (χ3v) is 5.20. The first kappa shape index (κ1) is 19.0. The van der Waals surface area contributed by atoms with Gasteiger partial charge in [0.2, 0.25) is 0 Å². The van der Waals surface area contributed by atoms with Gasteiger partial charge in [-0.2, -0.15) is 0 Å². The van der Waals surface area contributed by atoms with Crippen LogP contribution in [0.3, 0.4) is 0 Å². The highest BCUT2D eigenvalue weighted by Gasteiger charge is 2.41. The number of carboxylic acids is 1. The second-order valence-electron chi connectivity index (χ2n) is 7.17. The molecule has 2 aliphatic rings. The van der Waals surface area contributed by atoms with Crippen LogP contribution in [-0.4, -0.2) is 28.4 Å². The summed E-state index contributed by atoms with van der Waals surface area (Å²) >= 11 is 0. The van der Waals surface area contributed by atoms with Gasteiger partial charge in [-0.15, -0.1) is 0 Å². The van der Waals surface area contributed by atoms with E-state index in [0.717, 1.165) is 44.3 Å². The number of aliphatic hydroxyl groups excluding tert-OH is 1. The number of carbonyl (C=O) groups is 1. The van der Waals surface area contributed by atoms with E-state index in [1.165, 1.54) is 12.8 Å². The molecule has 1 saturated carbocycles. The third-order valence-electron chi connectivity index (χ3n) is 5.20. The molecule has 1 aliphatic heterocycles. The van der Waals surface area contributed by atoms with Gasteiger partial charge in [0.05, 0.1) is 11.9 Å². The maximum absolute atomic E-state index is 10.5. The normalized spacial score (nSPS) is 29.1. The van der Waals surface area contributed by atoms with Crippen LogP contribution >= 0.6 is 0 Å². The van der Waals surface area contributed by atoms with Crippen molar-refractivity contribution in [3.8, 4) is 0 Å². The van der Waals surface area contributed by atoms with Crippen molar-refractivity contribution >= 4 is 5.97 Å². The SMILES string of the molecule is CCCCC[C@H](O)/C=C/[C@H]1CC[C@H]2O/C(=C\CCCC(=O)O)CC12. The van der Waals surface area contributed by atoms with Gasteiger partial charge < -0.3 is 14.9 Å². The summed E-state index contributed by atoms with van der Waals surface area (Å²) in [5, 5.41) is 18.7. The number of hydrogen-bond donors (Lipinski definition) is 2. The molecule has 2 N–H and O–H groups in total. The molecule has 0 aromatic rings. The maximum atomic E-state index is 10.5. The Labute approximate surface area is 145 Å². The zero-order chi connectivity index (χ0) is 17.4. The number of rotatable bonds is 10. The molecule has 1 saturated heterocycles. The van der Waals surface area contributed by atoms with Gasteiger partial charge in [0.15, 0.2) is 0 Å². The van der Waals surface area contributed by atoms with Crippen LogP contribution in [0.1, 0.15) is 71.1 Å². The highest BCUT2D eigenvalue weighted by Crippen LogP contribution is 2.45. The van der Waals surface area contributed by atoms with E-state index >= 15 is 0 Å². The molecule has 4 heteroatoms. The Morgan fingerprint density at radius 2 is 2.17 bits per heavy atom. The highest BCUT2D eigenvalue weighted by atomic mass is 16.5. The minimum absolute atomic E-state index is 0.220. The van der Waals surface area contributed by atoms with Gasteiger partial charge in [-0.1, -0.05) is 38.3 Å². The number of aliphatic hydroxyl groups is 1. The Hall–Kier alpha value is -1.29. The number of aliphatic carboxylic acids is 1. The maximum Gasteiger partial charge on any atom is 0.303 e. The van der Waals surface area contributed by atoms with Crippen molar-refractivity contribution in [1.29, 1.82) is 0 Å². The number of fused-ring (bicyclic) bond motifs is 1. The predicted octanol–water partition coefficient (Wildman–Crippen LogP) is 4.44. The van der Waals surface area contributed by atoms with Crippen LogP contribution in [0.5, 0.6) is 0 Å². The van der Waals surface area contributed by atoms with Gasteiger partial charge in [-0.05, 0) is 44.1 Å². The third kappa shape index (κ3) is 5.97. The zero-order valence-electron chi connectivity index (χ0n) is 14.8. The molecular weight excluding hydrogens is 304 g/mol. The van der Waals surface area contributed by atoms with Crippen molar-refractivity contribution in [1.82, 2.24) is 0 Å². The second-order valence-corrected chi connectivity index (χ2v) is 7.17. The first-order valence-corrected chi connectivity index (χ1v) is 9.54. The summed E-state index contributed by atoms with van der Waals surface area (Å²) in [5.74, 6) is 1.33. The van der Waals surface area contributed by atoms with Crippen molar-refractivity contribution in [2.24, 2.45) is 11.8 Å². The van der Waals surface area contributed by atoms with E-state index in [1.54, 1.807) is 0 Å². The van der Waals surface area contributed by atoms with Crippen LogP contribution < -0.4 is 0 Å². The fraction of sp³-hybridized carbons (Fsp3) is 0.750. The molecule has 0 amide bonds. The van der Waals surface area contributed by atoms with E-state index in [2.05, 4.69) is 19.1 Å². The van der Waals surface area contributed by atoms with E-state index in [0.29, 0.717) is 24.4 Å². The summed E-state index contributed by atoms with van der Waals surface area (Å²) in [6.45, 7) is 2.17. The van der Waals surface area contributed by atoms with Gasteiger partial charge in [-0.25, -0.2) is 0 Å². The lowest BCUT2D eigenvalue weighted by atomic mass is 9.91. The van der Waals surface area contributed by atoms with Crippen LogP contribution in [-0.2, 0) is 9.53 Å². The zero-order valence-corrected chi connectivity index (χ0v) is 14.8. The molecule has 0 aromatic heterocycles. The molecule has 1 heterocycles. The molecule has 4 atom stereocenters. The molecule has 2 fully saturated rings. The van der Waals surface area contributed by atoms with E-state index in [4.69, 9.17) is 9.84 Å². The average molecular weight is 336 g/mol. The molecule has 2 rings (SSSR count). The minimum atomic E-state index is -0.736. The lowest BCUT2D eigenvalue weighted by Gasteiger charge is -2.13. The van der Waals surface area contributed by atoms with Gasteiger partial charge >= 0.3 is 5.97 Å². The fourth-order valence-electron chi connectivity index (χ4n) is 3.82. The number of ether oxygens (including phenoxy) is 1. The summed E-state index contributed by atoms with van der Waals surface area (Å²) in [6.07, 6.45) is 15.4. The van der Waals surface area contributed by atoms with Crippen molar-refractivity contribution in [3.63, 3.8) is 0 Å². The van der Waals surface area contributed by atoms with E-state index in [1.807, 2.05) is 6.08 Å². The molecule has 0 radical (unpaired) electrons. The number of carboxylic acid groups (broad SMARTS) is 1. The molecule has 0 spiro atoms. The molecule has 4 nitrogen and oxygen atoms in total. The topological polar surface area (TPSA) is 66.8 Å². The van der Waals surface area contributed by atoms with Crippen molar-refractivity contribution in [3.05, 3.63) is 24.0 Å². The van der Waals surface area contributed by atoms with Crippen LogP contribution in [0.2, 0.25) is 0 Å².